The lowest BCUT2D eigenvalue weighted by Crippen LogP contribution is -2.26. The highest BCUT2D eigenvalue weighted by Gasteiger charge is 2.15. The van der Waals surface area contributed by atoms with Crippen LogP contribution in [0.5, 0.6) is 5.75 Å². The average molecular weight is 287 g/mol. The number of hydrogen-bond acceptors (Lipinski definition) is 3. The minimum atomic E-state index is -0.576. The lowest BCUT2D eigenvalue weighted by Gasteiger charge is -2.13. The molecule has 0 heterocycles. The maximum absolute atomic E-state index is 11.4. The average Bonchev–Trinajstić information content (AvgIpc) is 2.29. The molecule has 0 radical (unpaired) electrons. The third-order valence-corrected chi connectivity index (χ3v) is 2.44. The molecule has 16 heavy (non-hydrogen) atoms. The lowest BCUT2D eigenvalue weighted by molar-refractivity contribution is -0.151. The summed E-state index contributed by atoms with van der Waals surface area (Å²) in [5.41, 5.74) is 0. The second kappa shape index (κ2) is 6.53. The fourth-order valence-corrected chi connectivity index (χ4v) is 1.35. The van der Waals surface area contributed by atoms with E-state index in [4.69, 9.17) is 9.47 Å². The van der Waals surface area contributed by atoms with Gasteiger partial charge < -0.3 is 9.47 Å². The van der Waals surface area contributed by atoms with Crippen LogP contribution in [0.4, 0.5) is 0 Å². The van der Waals surface area contributed by atoms with Crippen molar-refractivity contribution in [2.75, 3.05) is 6.61 Å². The normalized spacial score (nSPS) is 11.9. The molecule has 0 saturated carbocycles. The van der Waals surface area contributed by atoms with Gasteiger partial charge in [-0.25, -0.2) is 4.79 Å². The molecule has 0 N–H and O–H groups in total. The van der Waals surface area contributed by atoms with E-state index in [0.717, 1.165) is 10.9 Å². The van der Waals surface area contributed by atoms with Crippen molar-refractivity contribution in [1.82, 2.24) is 0 Å². The molecular weight excluding hydrogens is 272 g/mol. The van der Waals surface area contributed by atoms with E-state index in [1.165, 1.54) is 0 Å². The molecule has 0 aromatic heterocycles. The van der Waals surface area contributed by atoms with Crippen molar-refractivity contribution in [1.29, 1.82) is 0 Å². The number of ether oxygens (including phenoxy) is 2. The molecule has 0 aliphatic heterocycles. The summed E-state index contributed by atoms with van der Waals surface area (Å²) in [7, 11) is 0. The third-order valence-electron chi connectivity index (χ3n) is 1.91. The van der Waals surface area contributed by atoms with Gasteiger partial charge in [-0.1, -0.05) is 22.9 Å². The second-order valence-corrected chi connectivity index (χ2v) is 4.30. The maximum atomic E-state index is 11.4. The highest BCUT2D eigenvalue weighted by atomic mass is 79.9. The molecule has 3 nitrogen and oxygen atoms in total. The largest absolute Gasteiger partial charge is 0.479 e. The fraction of sp³-hybridized carbons (Fsp3) is 0.417. The van der Waals surface area contributed by atoms with Crippen LogP contribution in [0.2, 0.25) is 0 Å². The van der Waals surface area contributed by atoms with Gasteiger partial charge in [0.2, 0.25) is 0 Å². The Hall–Kier alpha value is -1.03. The highest BCUT2D eigenvalue weighted by Crippen LogP contribution is 2.17. The summed E-state index contributed by atoms with van der Waals surface area (Å²) >= 11 is 3.33. The van der Waals surface area contributed by atoms with Gasteiger partial charge in [-0.3, -0.25) is 0 Å². The van der Waals surface area contributed by atoms with E-state index in [2.05, 4.69) is 15.9 Å². The summed E-state index contributed by atoms with van der Waals surface area (Å²) in [6.07, 6.45) is 0.240. The summed E-state index contributed by atoms with van der Waals surface area (Å²) in [5.74, 6) is 0.328. The monoisotopic (exact) mass is 286 g/mol. The number of carbonyl (C=O) groups is 1. The maximum Gasteiger partial charge on any atom is 0.347 e. The zero-order valence-electron chi connectivity index (χ0n) is 9.40. The molecule has 0 bridgehead atoms. The molecule has 1 aromatic rings. The number of carbonyl (C=O) groups excluding carboxylic acids is 1. The van der Waals surface area contributed by atoms with Crippen LogP contribution in [-0.4, -0.2) is 18.7 Å². The Bertz CT molecular complexity index is 335. The molecule has 0 amide bonds. The summed E-state index contributed by atoms with van der Waals surface area (Å²) in [4.78, 5) is 11.4. The van der Waals surface area contributed by atoms with Gasteiger partial charge >= 0.3 is 5.97 Å². The standard InChI is InChI=1S/C12H15BrO3/c1-3-8-15-12(14)9(2)16-11-6-4-10(13)5-7-11/h4-7,9H,3,8H2,1-2H3. The summed E-state index contributed by atoms with van der Waals surface area (Å²) < 4.78 is 11.4. The van der Waals surface area contributed by atoms with Crippen LogP contribution in [0.15, 0.2) is 28.7 Å². The van der Waals surface area contributed by atoms with Crippen molar-refractivity contribution >= 4 is 21.9 Å². The molecule has 4 heteroatoms. The molecule has 1 atom stereocenters. The Morgan fingerprint density at radius 2 is 2.00 bits per heavy atom. The Kier molecular flexibility index (Phi) is 5.32. The smallest absolute Gasteiger partial charge is 0.347 e. The van der Waals surface area contributed by atoms with E-state index in [0.29, 0.717) is 12.4 Å². The minimum Gasteiger partial charge on any atom is -0.479 e. The number of benzene rings is 1. The van der Waals surface area contributed by atoms with Gasteiger partial charge in [0, 0.05) is 4.47 Å². The Labute approximate surface area is 104 Å². The predicted molar refractivity (Wildman–Crippen MR) is 65.5 cm³/mol. The number of hydrogen-bond donors (Lipinski definition) is 0. The first kappa shape index (κ1) is 13.0. The van der Waals surface area contributed by atoms with Gasteiger partial charge in [0.1, 0.15) is 5.75 Å². The molecule has 0 fully saturated rings. The SMILES string of the molecule is CCCOC(=O)C(C)Oc1ccc(Br)cc1. The molecular formula is C12H15BrO3. The lowest BCUT2D eigenvalue weighted by atomic mass is 10.3. The molecule has 0 saturated heterocycles. The first-order chi connectivity index (χ1) is 7.63. The van der Waals surface area contributed by atoms with Crippen LogP contribution >= 0.6 is 15.9 Å². The first-order valence-corrected chi connectivity index (χ1v) is 6.01. The minimum absolute atomic E-state index is 0.329. The van der Waals surface area contributed by atoms with Crippen LogP contribution in [0.3, 0.4) is 0 Å². The molecule has 0 aliphatic carbocycles. The second-order valence-electron chi connectivity index (χ2n) is 3.38. The topological polar surface area (TPSA) is 35.5 Å². The number of esters is 1. The van der Waals surface area contributed by atoms with Crippen molar-refractivity contribution in [3.05, 3.63) is 28.7 Å². The Morgan fingerprint density at radius 1 is 1.38 bits per heavy atom. The molecule has 88 valence electrons. The fourth-order valence-electron chi connectivity index (χ4n) is 1.09. The van der Waals surface area contributed by atoms with Gasteiger partial charge in [0.25, 0.3) is 0 Å². The molecule has 1 rings (SSSR count). The van der Waals surface area contributed by atoms with Crippen LogP contribution in [0.1, 0.15) is 20.3 Å². The van der Waals surface area contributed by atoms with Crippen molar-refractivity contribution < 1.29 is 14.3 Å². The predicted octanol–water partition coefficient (Wildman–Crippen LogP) is 3.17. The van der Waals surface area contributed by atoms with Crippen LogP contribution in [-0.2, 0) is 9.53 Å². The van der Waals surface area contributed by atoms with E-state index < -0.39 is 6.10 Å². The van der Waals surface area contributed by atoms with E-state index in [9.17, 15) is 4.79 Å². The van der Waals surface area contributed by atoms with Crippen molar-refractivity contribution in [2.45, 2.75) is 26.4 Å². The quantitative estimate of drug-likeness (QED) is 0.780. The number of rotatable bonds is 5. The summed E-state index contributed by atoms with van der Waals surface area (Å²) in [5, 5.41) is 0. The zero-order chi connectivity index (χ0) is 12.0. The van der Waals surface area contributed by atoms with Crippen LogP contribution < -0.4 is 4.74 Å². The molecule has 0 aliphatic rings. The van der Waals surface area contributed by atoms with E-state index >= 15 is 0 Å². The van der Waals surface area contributed by atoms with Crippen molar-refractivity contribution in [3.8, 4) is 5.75 Å². The van der Waals surface area contributed by atoms with Gasteiger partial charge in [0.15, 0.2) is 6.10 Å². The molecule has 1 unspecified atom stereocenters. The van der Waals surface area contributed by atoms with E-state index in [1.807, 2.05) is 19.1 Å². The van der Waals surface area contributed by atoms with E-state index in [1.54, 1.807) is 19.1 Å². The van der Waals surface area contributed by atoms with Crippen LogP contribution in [0, 0.1) is 0 Å². The Morgan fingerprint density at radius 3 is 2.56 bits per heavy atom. The van der Waals surface area contributed by atoms with Gasteiger partial charge in [0.05, 0.1) is 6.61 Å². The third kappa shape index (κ3) is 4.23. The summed E-state index contributed by atoms with van der Waals surface area (Å²) in [6, 6.07) is 7.32. The van der Waals surface area contributed by atoms with Crippen molar-refractivity contribution in [2.24, 2.45) is 0 Å². The van der Waals surface area contributed by atoms with Crippen LogP contribution in [0.25, 0.3) is 0 Å². The van der Waals surface area contributed by atoms with E-state index in [-0.39, 0.29) is 5.97 Å². The van der Waals surface area contributed by atoms with Gasteiger partial charge in [-0.2, -0.15) is 0 Å². The first-order valence-electron chi connectivity index (χ1n) is 5.22. The molecule has 1 aromatic carbocycles. The zero-order valence-corrected chi connectivity index (χ0v) is 11.0. The Balaban J connectivity index is 2.47. The highest BCUT2D eigenvalue weighted by molar-refractivity contribution is 9.10. The van der Waals surface area contributed by atoms with Gasteiger partial charge in [-0.05, 0) is 37.6 Å². The van der Waals surface area contributed by atoms with Gasteiger partial charge in [-0.15, -0.1) is 0 Å². The molecule has 0 spiro atoms. The summed E-state index contributed by atoms with van der Waals surface area (Å²) in [6.45, 7) is 4.07. The van der Waals surface area contributed by atoms with Crippen molar-refractivity contribution in [3.63, 3.8) is 0 Å². The number of halogens is 1.